The minimum absolute atomic E-state index is 0.0342. The Hall–Kier alpha value is -4.06. The number of aromatic nitrogens is 3. The molecule has 0 bridgehead atoms. The number of nitrogens with one attached hydrogen (secondary N) is 2. The second kappa shape index (κ2) is 9.19. The van der Waals surface area contributed by atoms with E-state index in [9.17, 15) is 28.7 Å². The number of amides is 1. The summed E-state index contributed by atoms with van der Waals surface area (Å²) in [6, 6.07) is 3.65. The number of halogens is 1. The molecule has 0 spiro atoms. The SMILES string of the molecule is CC(C)(C)CCc1cc(F)cc2c(O)c(-c3nsc4cc(OCC(N)=O)c(=O)c(=O)c=4[nH]3)c(=O)[nH]c12. The van der Waals surface area contributed by atoms with Crippen molar-refractivity contribution in [2.75, 3.05) is 6.61 Å². The molecule has 4 rings (SSSR count). The van der Waals surface area contributed by atoms with Crippen molar-refractivity contribution in [3.63, 3.8) is 0 Å². The number of primary amides is 1. The van der Waals surface area contributed by atoms with Crippen LogP contribution < -0.4 is 26.9 Å². The third-order valence-corrected chi connectivity index (χ3v) is 6.33. The minimum Gasteiger partial charge on any atom is -0.506 e. The Morgan fingerprint density at radius 2 is 1.89 bits per heavy atom. The van der Waals surface area contributed by atoms with Gasteiger partial charge < -0.3 is 25.5 Å². The zero-order valence-corrected chi connectivity index (χ0v) is 20.5. The van der Waals surface area contributed by atoms with Gasteiger partial charge >= 0.3 is 0 Å². The zero-order valence-electron chi connectivity index (χ0n) is 19.7. The van der Waals surface area contributed by atoms with E-state index in [0.29, 0.717) is 23.9 Å². The molecular formula is C24H23FN4O6S. The summed E-state index contributed by atoms with van der Waals surface area (Å²) in [5.41, 5.74) is 2.79. The van der Waals surface area contributed by atoms with E-state index in [4.69, 9.17) is 10.5 Å². The van der Waals surface area contributed by atoms with E-state index in [2.05, 4.69) is 14.3 Å². The molecule has 5 N–H and O–H groups in total. The first-order valence-corrected chi connectivity index (χ1v) is 11.7. The van der Waals surface area contributed by atoms with Gasteiger partial charge in [-0.1, -0.05) is 20.8 Å². The lowest BCUT2D eigenvalue weighted by Gasteiger charge is -2.18. The van der Waals surface area contributed by atoms with E-state index in [0.717, 1.165) is 17.6 Å². The van der Waals surface area contributed by atoms with Gasteiger partial charge in [0.15, 0.2) is 18.2 Å². The highest BCUT2D eigenvalue weighted by Crippen LogP contribution is 2.34. The van der Waals surface area contributed by atoms with Crippen molar-refractivity contribution in [3.8, 4) is 22.9 Å². The van der Waals surface area contributed by atoms with Crippen LogP contribution >= 0.6 is 11.5 Å². The van der Waals surface area contributed by atoms with E-state index in [1.165, 1.54) is 12.1 Å². The van der Waals surface area contributed by atoms with Crippen LogP contribution in [0.4, 0.5) is 4.39 Å². The molecule has 10 nitrogen and oxygen atoms in total. The molecule has 36 heavy (non-hydrogen) atoms. The van der Waals surface area contributed by atoms with Crippen molar-refractivity contribution in [3.05, 3.63) is 70.3 Å². The predicted octanol–water partition coefficient (Wildman–Crippen LogP) is 2.11. The summed E-state index contributed by atoms with van der Waals surface area (Å²) in [5, 5.41) is 10.9. The molecule has 0 saturated heterocycles. The number of carbonyl (C=O) groups excluding carboxylic acids is 1. The van der Waals surface area contributed by atoms with Gasteiger partial charge in [0.25, 0.3) is 22.3 Å². The molecule has 2 aromatic rings. The van der Waals surface area contributed by atoms with Gasteiger partial charge in [0.05, 0.1) is 10.0 Å². The fourth-order valence-electron chi connectivity index (χ4n) is 3.73. The molecule has 1 aromatic heterocycles. The summed E-state index contributed by atoms with van der Waals surface area (Å²) < 4.78 is 23.8. The Labute approximate surface area is 206 Å². The number of nitrogens with zero attached hydrogens (tertiary/aromatic N) is 1. The normalized spacial score (nSPS) is 11.8. The summed E-state index contributed by atoms with van der Waals surface area (Å²) in [4.78, 5) is 54.3. The molecule has 1 aromatic carbocycles. The smallest absolute Gasteiger partial charge is 0.269 e. The van der Waals surface area contributed by atoms with Crippen molar-refractivity contribution in [2.45, 2.75) is 33.6 Å². The third kappa shape index (κ3) is 4.85. The molecule has 0 saturated carbocycles. The van der Waals surface area contributed by atoms with Crippen molar-refractivity contribution < 1.29 is 19.0 Å². The first kappa shape index (κ1) is 25.0. The number of aryl methyl sites for hydroxylation is 1. The fraction of sp³-hybridized carbons (Fsp3) is 0.292. The minimum atomic E-state index is -1.02. The van der Waals surface area contributed by atoms with Gasteiger partial charge in [0, 0.05) is 11.5 Å². The number of aromatic amines is 2. The number of carbonyl (C=O) groups is 1. The van der Waals surface area contributed by atoms with Gasteiger partial charge in [-0.15, -0.1) is 0 Å². The summed E-state index contributed by atoms with van der Waals surface area (Å²) in [5.74, 6) is -2.48. The van der Waals surface area contributed by atoms with Crippen LogP contribution in [0.1, 0.15) is 32.8 Å². The van der Waals surface area contributed by atoms with Crippen LogP contribution in [0.25, 0.3) is 22.3 Å². The van der Waals surface area contributed by atoms with Crippen molar-refractivity contribution in [2.24, 2.45) is 11.1 Å². The maximum absolute atomic E-state index is 14.4. The number of pyridine rings is 1. The molecule has 188 valence electrons. The summed E-state index contributed by atoms with van der Waals surface area (Å²) in [6.07, 6.45) is 1.19. The van der Waals surface area contributed by atoms with Gasteiger partial charge in [-0.25, -0.2) is 4.39 Å². The lowest BCUT2D eigenvalue weighted by Crippen LogP contribution is -2.30. The standard InChI is InChI=1S/C24H23FN4O6S/c1-24(2,3)5-4-10-6-11(25)7-12-17(10)28-23(34)16(19(12)31)22-27-18-14(36-29-22)8-13(20(32)21(18)33)35-9-15(26)30/h6-8H,4-5,9H2,1-3H3,(H2,26,30)(H,27,29)(H2,28,31,34). The second-order valence-corrected chi connectivity index (χ2v) is 10.3. The molecule has 2 aliphatic rings. The maximum Gasteiger partial charge on any atom is 0.269 e. The van der Waals surface area contributed by atoms with Crippen LogP contribution in [0.5, 0.6) is 11.5 Å². The lowest BCUT2D eigenvalue weighted by molar-refractivity contribution is -0.119. The first-order chi connectivity index (χ1) is 16.9. The molecule has 1 aliphatic carbocycles. The van der Waals surface area contributed by atoms with Gasteiger partial charge in [-0.3, -0.25) is 19.2 Å². The van der Waals surface area contributed by atoms with Crippen LogP contribution in [-0.4, -0.2) is 32.0 Å². The predicted molar refractivity (Wildman–Crippen MR) is 132 cm³/mol. The van der Waals surface area contributed by atoms with Crippen LogP contribution in [0.2, 0.25) is 0 Å². The Bertz CT molecular complexity index is 1750. The largest absolute Gasteiger partial charge is 0.506 e. The number of rotatable bonds is 6. The monoisotopic (exact) mass is 514 g/mol. The molecule has 1 amide bonds. The van der Waals surface area contributed by atoms with E-state index in [1.807, 2.05) is 20.8 Å². The molecule has 2 heterocycles. The van der Waals surface area contributed by atoms with E-state index < -0.39 is 40.5 Å². The summed E-state index contributed by atoms with van der Waals surface area (Å²) in [6.45, 7) is 5.54. The highest BCUT2D eigenvalue weighted by atomic mass is 32.1. The molecule has 0 fully saturated rings. The Morgan fingerprint density at radius 1 is 1.17 bits per heavy atom. The molecule has 0 atom stereocenters. The molecule has 0 radical (unpaired) electrons. The number of benzene rings is 1. The Kier molecular flexibility index (Phi) is 6.39. The van der Waals surface area contributed by atoms with Gasteiger partial charge in [0.2, 0.25) is 0 Å². The Balaban J connectivity index is 1.89. The number of fused-ring (bicyclic) bond motifs is 1. The van der Waals surface area contributed by atoms with Crippen LogP contribution in [0, 0.1) is 21.1 Å². The number of hydrogen-bond donors (Lipinski definition) is 4. The van der Waals surface area contributed by atoms with E-state index in [1.54, 1.807) is 0 Å². The third-order valence-electron chi connectivity index (χ3n) is 5.54. The number of ether oxygens (including phenoxy) is 1. The molecule has 0 unspecified atom stereocenters. The molecule has 12 heteroatoms. The van der Waals surface area contributed by atoms with Crippen LogP contribution in [0.3, 0.4) is 0 Å². The molecule has 1 aliphatic heterocycles. The topological polar surface area (TPSA) is 168 Å². The zero-order chi connectivity index (χ0) is 26.4. The molecular weight excluding hydrogens is 491 g/mol. The van der Waals surface area contributed by atoms with E-state index in [-0.39, 0.29) is 37.8 Å². The van der Waals surface area contributed by atoms with Crippen molar-refractivity contribution >= 4 is 28.3 Å². The van der Waals surface area contributed by atoms with Crippen molar-refractivity contribution in [1.29, 1.82) is 0 Å². The first-order valence-electron chi connectivity index (χ1n) is 10.9. The van der Waals surface area contributed by atoms with Crippen molar-refractivity contribution in [1.82, 2.24) is 14.3 Å². The second-order valence-electron chi connectivity index (χ2n) is 9.54. The number of H-pyrrole nitrogens is 2. The average molecular weight is 515 g/mol. The maximum atomic E-state index is 14.4. The van der Waals surface area contributed by atoms with Gasteiger partial charge in [-0.05, 0) is 47.5 Å². The van der Waals surface area contributed by atoms with E-state index >= 15 is 0 Å². The lowest BCUT2D eigenvalue weighted by atomic mass is 9.88. The fourth-order valence-corrected chi connectivity index (χ4v) is 4.45. The average Bonchev–Trinajstić information content (AvgIpc) is 2.79. The van der Waals surface area contributed by atoms with Crippen LogP contribution in [-0.2, 0) is 11.2 Å². The van der Waals surface area contributed by atoms with Gasteiger partial charge in [-0.2, -0.15) is 4.37 Å². The summed E-state index contributed by atoms with van der Waals surface area (Å²) in [7, 11) is 0. The quantitative estimate of drug-likeness (QED) is 0.286. The highest BCUT2D eigenvalue weighted by molar-refractivity contribution is 7.03. The number of hydrogen-bond acceptors (Lipinski definition) is 8. The number of nitrogens with two attached hydrogens (primary N) is 1. The number of aromatic hydroxyl groups is 1. The Morgan fingerprint density at radius 3 is 2.56 bits per heavy atom. The highest BCUT2D eigenvalue weighted by Gasteiger charge is 2.21. The van der Waals surface area contributed by atoms with Crippen LogP contribution in [0.15, 0.2) is 32.6 Å². The van der Waals surface area contributed by atoms with Gasteiger partial charge in [0.1, 0.15) is 22.5 Å². The summed E-state index contributed by atoms with van der Waals surface area (Å²) >= 11 is 0.755.